The Hall–Kier alpha value is -2.10. The zero-order chi connectivity index (χ0) is 12.4. The van der Waals surface area contributed by atoms with Crippen LogP contribution in [0, 0.1) is 0 Å². The molecule has 0 fully saturated rings. The lowest BCUT2D eigenvalue weighted by Gasteiger charge is -2.11. The number of rotatable bonds is 2. The predicted octanol–water partition coefficient (Wildman–Crippen LogP) is 1.23. The second-order valence-electron chi connectivity index (χ2n) is 4.06. The molecule has 17 heavy (non-hydrogen) atoms. The van der Waals surface area contributed by atoms with Gasteiger partial charge >= 0.3 is 5.69 Å². The lowest BCUT2D eigenvalue weighted by molar-refractivity contribution is 0.735. The van der Waals surface area contributed by atoms with E-state index in [4.69, 9.17) is 0 Å². The highest BCUT2D eigenvalue weighted by molar-refractivity contribution is 5.26. The molecule has 0 saturated heterocycles. The molecule has 1 atom stereocenters. The van der Waals surface area contributed by atoms with E-state index in [1.54, 1.807) is 0 Å². The second kappa shape index (κ2) is 4.41. The molecule has 0 spiro atoms. The van der Waals surface area contributed by atoms with E-state index in [0.29, 0.717) is 5.69 Å². The largest absolute Gasteiger partial charge is 0.328 e. The van der Waals surface area contributed by atoms with E-state index in [1.807, 2.05) is 37.3 Å². The van der Waals surface area contributed by atoms with Crippen molar-refractivity contribution in [1.82, 2.24) is 9.55 Å². The average molecular weight is 230 g/mol. The van der Waals surface area contributed by atoms with Gasteiger partial charge in [0.2, 0.25) is 0 Å². The van der Waals surface area contributed by atoms with Crippen molar-refractivity contribution in [2.24, 2.45) is 7.05 Å². The van der Waals surface area contributed by atoms with Crippen LogP contribution in [0.15, 0.2) is 46.0 Å². The van der Waals surface area contributed by atoms with Gasteiger partial charge in [0, 0.05) is 24.7 Å². The Morgan fingerprint density at radius 2 is 1.82 bits per heavy atom. The Bertz CT molecular complexity index is 595. The summed E-state index contributed by atoms with van der Waals surface area (Å²) in [6.07, 6.45) is 0. The first-order valence-corrected chi connectivity index (χ1v) is 5.45. The fourth-order valence-electron chi connectivity index (χ4n) is 1.73. The lowest BCUT2D eigenvalue weighted by Crippen LogP contribution is -2.33. The standard InChI is InChI=1S/C13H14N2O2/c1-9(10-6-4-3-5-7-10)11-8-12(16)15(2)13(17)14-11/h3-9H,1-2H3,(H,14,17)/t9-/m0/s1. The lowest BCUT2D eigenvalue weighted by atomic mass is 9.98. The van der Waals surface area contributed by atoms with Crippen LogP contribution in [0.3, 0.4) is 0 Å². The number of hydrogen-bond acceptors (Lipinski definition) is 2. The van der Waals surface area contributed by atoms with Crippen molar-refractivity contribution in [3.8, 4) is 0 Å². The summed E-state index contributed by atoms with van der Waals surface area (Å²) in [5, 5.41) is 0. The van der Waals surface area contributed by atoms with Crippen LogP contribution in [0.25, 0.3) is 0 Å². The van der Waals surface area contributed by atoms with Crippen LogP contribution in [-0.2, 0) is 7.05 Å². The molecule has 4 nitrogen and oxygen atoms in total. The van der Waals surface area contributed by atoms with E-state index >= 15 is 0 Å². The van der Waals surface area contributed by atoms with Gasteiger partial charge in [-0.3, -0.25) is 9.36 Å². The van der Waals surface area contributed by atoms with Crippen LogP contribution in [-0.4, -0.2) is 9.55 Å². The summed E-state index contributed by atoms with van der Waals surface area (Å²) in [6, 6.07) is 11.2. The van der Waals surface area contributed by atoms with E-state index in [0.717, 1.165) is 10.1 Å². The maximum atomic E-state index is 11.5. The molecule has 0 aliphatic heterocycles. The zero-order valence-electron chi connectivity index (χ0n) is 9.81. The van der Waals surface area contributed by atoms with E-state index in [2.05, 4.69) is 4.98 Å². The third-order valence-corrected chi connectivity index (χ3v) is 2.93. The van der Waals surface area contributed by atoms with Crippen molar-refractivity contribution < 1.29 is 0 Å². The Morgan fingerprint density at radius 1 is 1.18 bits per heavy atom. The molecule has 1 heterocycles. The highest BCUT2D eigenvalue weighted by Gasteiger charge is 2.10. The minimum Gasteiger partial charge on any atom is -0.310 e. The number of benzene rings is 1. The van der Waals surface area contributed by atoms with Gasteiger partial charge in [-0.1, -0.05) is 37.3 Å². The summed E-state index contributed by atoms with van der Waals surface area (Å²) in [4.78, 5) is 25.8. The molecule has 88 valence electrons. The SMILES string of the molecule is C[C@@H](c1ccccc1)c1cc(=O)n(C)c(=O)[nH]1. The van der Waals surface area contributed by atoms with Crippen LogP contribution in [0.1, 0.15) is 24.1 Å². The molecule has 0 aliphatic rings. The number of hydrogen-bond donors (Lipinski definition) is 1. The van der Waals surface area contributed by atoms with Gasteiger partial charge in [0.1, 0.15) is 0 Å². The molecular formula is C13H14N2O2. The summed E-state index contributed by atoms with van der Waals surface area (Å²) >= 11 is 0. The van der Waals surface area contributed by atoms with Gasteiger partial charge in [0.05, 0.1) is 0 Å². The molecule has 1 aromatic carbocycles. The van der Waals surface area contributed by atoms with Gasteiger partial charge in [-0.25, -0.2) is 4.79 Å². The highest BCUT2D eigenvalue weighted by Crippen LogP contribution is 2.19. The molecule has 4 heteroatoms. The average Bonchev–Trinajstić information content (AvgIpc) is 2.35. The topological polar surface area (TPSA) is 54.9 Å². The summed E-state index contributed by atoms with van der Waals surface area (Å²) in [6.45, 7) is 1.96. The summed E-state index contributed by atoms with van der Waals surface area (Å²) in [7, 11) is 1.46. The molecule has 0 bridgehead atoms. The molecule has 0 saturated carbocycles. The summed E-state index contributed by atoms with van der Waals surface area (Å²) < 4.78 is 1.06. The minimum atomic E-state index is -0.379. The minimum absolute atomic E-state index is 0.00204. The Morgan fingerprint density at radius 3 is 2.41 bits per heavy atom. The monoisotopic (exact) mass is 230 g/mol. The van der Waals surface area contributed by atoms with Crippen LogP contribution in [0.5, 0.6) is 0 Å². The van der Waals surface area contributed by atoms with Crippen LogP contribution in [0.4, 0.5) is 0 Å². The van der Waals surface area contributed by atoms with Gasteiger partial charge in [0.15, 0.2) is 0 Å². The highest BCUT2D eigenvalue weighted by atomic mass is 16.2. The summed E-state index contributed by atoms with van der Waals surface area (Å²) in [5.41, 5.74) is 1.04. The first-order chi connectivity index (χ1) is 8.09. The summed E-state index contributed by atoms with van der Waals surface area (Å²) in [5.74, 6) is -0.00204. The van der Waals surface area contributed by atoms with Crippen molar-refractivity contribution in [3.05, 3.63) is 68.5 Å². The fourth-order valence-corrected chi connectivity index (χ4v) is 1.73. The first kappa shape index (κ1) is 11.4. The van der Waals surface area contributed by atoms with Gasteiger partial charge < -0.3 is 4.98 Å². The van der Waals surface area contributed by atoms with Crippen molar-refractivity contribution in [3.63, 3.8) is 0 Å². The van der Waals surface area contributed by atoms with Gasteiger partial charge in [-0.05, 0) is 5.56 Å². The van der Waals surface area contributed by atoms with Gasteiger partial charge in [0.25, 0.3) is 5.56 Å². The van der Waals surface area contributed by atoms with E-state index in [9.17, 15) is 9.59 Å². The smallest absolute Gasteiger partial charge is 0.310 e. The van der Waals surface area contributed by atoms with E-state index < -0.39 is 0 Å². The molecular weight excluding hydrogens is 216 g/mol. The third-order valence-electron chi connectivity index (χ3n) is 2.93. The molecule has 0 radical (unpaired) electrons. The Kier molecular flexibility index (Phi) is 2.95. The molecule has 2 rings (SSSR count). The van der Waals surface area contributed by atoms with Crippen molar-refractivity contribution in [2.45, 2.75) is 12.8 Å². The molecule has 0 unspecified atom stereocenters. The molecule has 1 aromatic heterocycles. The number of aromatic amines is 1. The van der Waals surface area contributed by atoms with Crippen molar-refractivity contribution in [2.75, 3.05) is 0 Å². The van der Waals surface area contributed by atoms with Crippen LogP contribution >= 0.6 is 0 Å². The second-order valence-corrected chi connectivity index (χ2v) is 4.06. The normalized spacial score (nSPS) is 12.4. The number of H-pyrrole nitrogens is 1. The zero-order valence-corrected chi connectivity index (χ0v) is 9.81. The Balaban J connectivity index is 2.49. The van der Waals surface area contributed by atoms with E-state index in [1.165, 1.54) is 13.1 Å². The first-order valence-electron chi connectivity index (χ1n) is 5.45. The molecule has 2 aromatic rings. The number of aromatic nitrogens is 2. The number of nitrogens with one attached hydrogen (secondary N) is 1. The van der Waals surface area contributed by atoms with Crippen molar-refractivity contribution >= 4 is 0 Å². The van der Waals surface area contributed by atoms with Crippen LogP contribution in [0.2, 0.25) is 0 Å². The number of nitrogens with zero attached hydrogens (tertiary/aromatic N) is 1. The molecule has 0 amide bonds. The van der Waals surface area contributed by atoms with Crippen molar-refractivity contribution in [1.29, 1.82) is 0 Å². The van der Waals surface area contributed by atoms with E-state index in [-0.39, 0.29) is 17.2 Å². The maximum absolute atomic E-state index is 11.5. The van der Waals surface area contributed by atoms with Gasteiger partial charge in [-0.15, -0.1) is 0 Å². The predicted molar refractivity (Wildman–Crippen MR) is 66.3 cm³/mol. The fraction of sp³-hybridized carbons (Fsp3) is 0.231. The Labute approximate surface area is 98.6 Å². The van der Waals surface area contributed by atoms with Crippen LogP contribution < -0.4 is 11.2 Å². The maximum Gasteiger partial charge on any atom is 0.328 e. The third kappa shape index (κ3) is 2.20. The molecule has 0 aliphatic carbocycles. The van der Waals surface area contributed by atoms with Gasteiger partial charge in [-0.2, -0.15) is 0 Å². The quantitative estimate of drug-likeness (QED) is 0.843. The molecule has 1 N–H and O–H groups in total.